The van der Waals surface area contributed by atoms with Crippen LogP contribution in [0.5, 0.6) is 5.75 Å². The molecule has 0 saturated carbocycles. The Morgan fingerprint density at radius 1 is 1.53 bits per heavy atom. The molecular formula is C13H16N2O4. The van der Waals surface area contributed by atoms with Crippen LogP contribution >= 0.6 is 0 Å². The number of benzene rings is 1. The molecule has 0 radical (unpaired) electrons. The van der Waals surface area contributed by atoms with Crippen LogP contribution in [0.4, 0.5) is 10.5 Å². The van der Waals surface area contributed by atoms with Crippen molar-refractivity contribution in [3.8, 4) is 5.75 Å². The van der Waals surface area contributed by atoms with E-state index in [1.807, 2.05) is 0 Å². The number of carbonyl (C=O) groups excluding carboxylic acids is 1. The van der Waals surface area contributed by atoms with Crippen LogP contribution in [-0.2, 0) is 11.2 Å². The lowest BCUT2D eigenvalue weighted by molar-refractivity contribution is -0.136. The fraction of sp³-hybridized carbons (Fsp3) is 0.385. The highest BCUT2D eigenvalue weighted by atomic mass is 16.5. The zero-order chi connectivity index (χ0) is 13.8. The van der Waals surface area contributed by atoms with Gasteiger partial charge in [-0.1, -0.05) is 6.07 Å². The van der Waals surface area contributed by atoms with Gasteiger partial charge in [0, 0.05) is 13.1 Å². The van der Waals surface area contributed by atoms with Gasteiger partial charge in [-0.3, -0.25) is 9.69 Å². The number of carboxylic acids is 1. The first-order chi connectivity index (χ1) is 9.11. The first-order valence-electron chi connectivity index (χ1n) is 6.06. The Kier molecular flexibility index (Phi) is 3.89. The minimum Gasteiger partial charge on any atom is -0.495 e. The highest BCUT2D eigenvalue weighted by Crippen LogP contribution is 2.30. The molecule has 1 fully saturated rings. The molecule has 0 atom stereocenters. The molecular weight excluding hydrogens is 248 g/mol. The first-order valence-corrected chi connectivity index (χ1v) is 6.06. The van der Waals surface area contributed by atoms with Gasteiger partial charge < -0.3 is 15.2 Å². The molecule has 0 aliphatic carbocycles. The summed E-state index contributed by atoms with van der Waals surface area (Å²) in [4.78, 5) is 24.2. The summed E-state index contributed by atoms with van der Waals surface area (Å²) in [7, 11) is 1.53. The number of hydrogen-bond donors (Lipinski definition) is 2. The van der Waals surface area contributed by atoms with Gasteiger partial charge in [-0.25, -0.2) is 4.79 Å². The Morgan fingerprint density at radius 2 is 2.32 bits per heavy atom. The van der Waals surface area contributed by atoms with E-state index in [-0.39, 0.29) is 12.5 Å². The molecule has 19 heavy (non-hydrogen) atoms. The Bertz CT molecular complexity index is 501. The highest BCUT2D eigenvalue weighted by molar-refractivity contribution is 5.94. The van der Waals surface area contributed by atoms with Gasteiger partial charge in [-0.15, -0.1) is 0 Å². The number of rotatable bonds is 4. The molecule has 1 aromatic carbocycles. The van der Waals surface area contributed by atoms with Crippen LogP contribution < -0.4 is 15.0 Å². The van der Waals surface area contributed by atoms with Crippen molar-refractivity contribution in [2.45, 2.75) is 12.8 Å². The van der Waals surface area contributed by atoms with Gasteiger partial charge in [0.1, 0.15) is 5.75 Å². The molecule has 102 valence electrons. The summed E-state index contributed by atoms with van der Waals surface area (Å²) in [5.74, 6) is -0.342. The third kappa shape index (κ3) is 2.96. The van der Waals surface area contributed by atoms with Crippen molar-refractivity contribution in [1.82, 2.24) is 5.32 Å². The molecule has 2 rings (SSSR count). The van der Waals surface area contributed by atoms with Crippen LogP contribution in [0.2, 0.25) is 0 Å². The fourth-order valence-corrected chi connectivity index (χ4v) is 2.09. The lowest BCUT2D eigenvalue weighted by Gasteiger charge is -2.29. The summed E-state index contributed by atoms with van der Waals surface area (Å²) in [6.07, 6.45) is 0.768. The molecule has 1 saturated heterocycles. The first kappa shape index (κ1) is 13.2. The number of amides is 2. The number of urea groups is 1. The van der Waals surface area contributed by atoms with E-state index in [2.05, 4.69) is 5.32 Å². The fourth-order valence-electron chi connectivity index (χ4n) is 2.09. The summed E-state index contributed by atoms with van der Waals surface area (Å²) >= 11 is 0. The molecule has 2 amide bonds. The summed E-state index contributed by atoms with van der Waals surface area (Å²) in [6, 6.07) is 4.89. The maximum atomic E-state index is 11.8. The van der Waals surface area contributed by atoms with E-state index < -0.39 is 5.97 Å². The SMILES string of the molecule is COc1ccc(CC(=O)O)cc1N1CCCNC1=O. The predicted molar refractivity (Wildman–Crippen MR) is 69.7 cm³/mol. The van der Waals surface area contributed by atoms with E-state index in [0.29, 0.717) is 30.1 Å². The number of nitrogens with one attached hydrogen (secondary N) is 1. The van der Waals surface area contributed by atoms with Gasteiger partial charge >= 0.3 is 12.0 Å². The Balaban J connectivity index is 2.34. The number of carbonyl (C=O) groups is 2. The molecule has 1 aromatic rings. The molecule has 0 bridgehead atoms. The van der Waals surface area contributed by atoms with E-state index in [9.17, 15) is 9.59 Å². The average Bonchev–Trinajstić information content (AvgIpc) is 2.38. The van der Waals surface area contributed by atoms with Gasteiger partial charge in [-0.2, -0.15) is 0 Å². The quantitative estimate of drug-likeness (QED) is 0.857. The molecule has 1 heterocycles. The second kappa shape index (κ2) is 5.60. The number of ether oxygens (including phenoxy) is 1. The second-order valence-corrected chi connectivity index (χ2v) is 4.31. The monoisotopic (exact) mass is 264 g/mol. The number of aliphatic carboxylic acids is 1. The normalized spacial score (nSPS) is 15.0. The number of nitrogens with zero attached hydrogens (tertiary/aromatic N) is 1. The van der Waals surface area contributed by atoms with Crippen molar-refractivity contribution in [3.63, 3.8) is 0 Å². The molecule has 2 N–H and O–H groups in total. The maximum absolute atomic E-state index is 11.8. The van der Waals surface area contributed by atoms with E-state index in [0.717, 1.165) is 6.42 Å². The third-order valence-corrected chi connectivity index (χ3v) is 2.97. The molecule has 6 heteroatoms. The number of anilines is 1. The third-order valence-electron chi connectivity index (χ3n) is 2.97. The van der Waals surface area contributed by atoms with Crippen LogP contribution in [-0.4, -0.2) is 37.3 Å². The molecule has 0 aromatic heterocycles. The average molecular weight is 264 g/mol. The van der Waals surface area contributed by atoms with Gasteiger partial charge in [-0.05, 0) is 24.1 Å². The molecule has 6 nitrogen and oxygen atoms in total. The van der Waals surface area contributed by atoms with Crippen molar-refractivity contribution in [1.29, 1.82) is 0 Å². The number of hydrogen-bond acceptors (Lipinski definition) is 3. The van der Waals surface area contributed by atoms with E-state index in [1.54, 1.807) is 23.1 Å². The molecule has 1 aliphatic heterocycles. The van der Waals surface area contributed by atoms with Crippen LogP contribution in [0.1, 0.15) is 12.0 Å². The minimum absolute atomic E-state index is 0.0769. The molecule has 0 spiro atoms. The lowest BCUT2D eigenvalue weighted by Crippen LogP contribution is -2.46. The summed E-state index contributed by atoms with van der Waals surface area (Å²) in [5.41, 5.74) is 1.25. The van der Waals surface area contributed by atoms with Crippen LogP contribution in [0.15, 0.2) is 18.2 Å². The minimum atomic E-state index is -0.904. The van der Waals surface area contributed by atoms with Gasteiger partial charge in [0.2, 0.25) is 0 Å². The molecule has 0 unspecified atom stereocenters. The number of carboxylic acid groups (broad SMARTS) is 1. The summed E-state index contributed by atoms with van der Waals surface area (Å²) < 4.78 is 5.24. The largest absolute Gasteiger partial charge is 0.495 e. The van der Waals surface area contributed by atoms with Crippen LogP contribution in [0, 0.1) is 0 Å². The van der Waals surface area contributed by atoms with E-state index in [1.165, 1.54) is 7.11 Å². The Morgan fingerprint density at radius 3 is 2.95 bits per heavy atom. The van der Waals surface area contributed by atoms with Crippen molar-refractivity contribution >= 4 is 17.7 Å². The Labute approximate surface area is 111 Å². The van der Waals surface area contributed by atoms with Gasteiger partial charge in [0.25, 0.3) is 0 Å². The van der Waals surface area contributed by atoms with Crippen LogP contribution in [0.3, 0.4) is 0 Å². The van der Waals surface area contributed by atoms with E-state index >= 15 is 0 Å². The highest BCUT2D eigenvalue weighted by Gasteiger charge is 2.22. The van der Waals surface area contributed by atoms with Crippen LogP contribution in [0.25, 0.3) is 0 Å². The van der Waals surface area contributed by atoms with Gasteiger partial charge in [0.15, 0.2) is 0 Å². The van der Waals surface area contributed by atoms with E-state index in [4.69, 9.17) is 9.84 Å². The summed E-state index contributed by atoms with van der Waals surface area (Å²) in [6.45, 7) is 1.26. The van der Waals surface area contributed by atoms with Crippen molar-refractivity contribution in [2.75, 3.05) is 25.1 Å². The van der Waals surface area contributed by atoms with Crippen molar-refractivity contribution < 1.29 is 19.4 Å². The zero-order valence-electron chi connectivity index (χ0n) is 10.7. The maximum Gasteiger partial charge on any atom is 0.321 e. The second-order valence-electron chi connectivity index (χ2n) is 4.31. The van der Waals surface area contributed by atoms with Crippen molar-refractivity contribution in [3.05, 3.63) is 23.8 Å². The standard InChI is InChI=1S/C13H16N2O4/c1-19-11-4-3-9(8-12(16)17)7-10(11)15-6-2-5-14-13(15)18/h3-4,7H,2,5-6,8H2,1H3,(H,14,18)(H,16,17). The predicted octanol–water partition coefficient (Wildman–Crippen LogP) is 1.24. The van der Waals surface area contributed by atoms with Gasteiger partial charge in [0.05, 0.1) is 19.2 Å². The topological polar surface area (TPSA) is 78.9 Å². The molecule has 1 aliphatic rings. The zero-order valence-corrected chi connectivity index (χ0v) is 10.7. The van der Waals surface area contributed by atoms with Crippen molar-refractivity contribution in [2.24, 2.45) is 0 Å². The lowest BCUT2D eigenvalue weighted by atomic mass is 10.1. The Hall–Kier alpha value is -2.24. The summed E-state index contributed by atoms with van der Waals surface area (Å²) in [5, 5.41) is 11.6. The number of methoxy groups -OCH3 is 1. The smallest absolute Gasteiger partial charge is 0.321 e.